The third-order valence-corrected chi connectivity index (χ3v) is 6.46. The van der Waals surface area contributed by atoms with E-state index in [4.69, 9.17) is 14.2 Å². The summed E-state index contributed by atoms with van der Waals surface area (Å²) in [6.07, 6.45) is 15.4. The number of hydrogen-bond acceptors (Lipinski definition) is 8. The van der Waals surface area contributed by atoms with Gasteiger partial charge in [-0.1, -0.05) is 12.2 Å². The predicted molar refractivity (Wildman–Crippen MR) is 131 cm³/mol. The molecule has 36 heavy (non-hydrogen) atoms. The summed E-state index contributed by atoms with van der Waals surface area (Å²) in [5, 5.41) is 0. The number of ether oxygens (including phenoxy) is 3. The molecule has 8 nitrogen and oxygen atoms in total. The highest BCUT2D eigenvalue weighted by Crippen LogP contribution is 2.39. The van der Waals surface area contributed by atoms with Crippen LogP contribution >= 0.6 is 0 Å². The van der Waals surface area contributed by atoms with Gasteiger partial charge in [0.2, 0.25) is 0 Å². The van der Waals surface area contributed by atoms with Crippen LogP contribution in [-0.4, -0.2) is 46.2 Å². The minimum atomic E-state index is -0.724. The molecule has 1 aliphatic carbocycles. The van der Waals surface area contributed by atoms with Crippen LogP contribution in [0.3, 0.4) is 0 Å². The normalized spacial score (nSPS) is 28.2. The molecule has 188 valence electrons. The minimum absolute atomic E-state index is 0.0118. The van der Waals surface area contributed by atoms with Gasteiger partial charge in [-0.15, -0.1) is 0 Å². The van der Waals surface area contributed by atoms with Gasteiger partial charge in [-0.3, -0.25) is 9.97 Å². The average molecular weight is 491 g/mol. The van der Waals surface area contributed by atoms with E-state index in [2.05, 4.69) is 22.1 Å². The van der Waals surface area contributed by atoms with Crippen molar-refractivity contribution in [1.82, 2.24) is 9.97 Å². The van der Waals surface area contributed by atoms with Crippen molar-refractivity contribution >= 4 is 17.9 Å². The Labute approximate surface area is 210 Å². The van der Waals surface area contributed by atoms with Crippen molar-refractivity contribution < 1.29 is 28.6 Å². The molecule has 1 saturated carbocycles. The summed E-state index contributed by atoms with van der Waals surface area (Å²) >= 11 is 0. The van der Waals surface area contributed by atoms with Crippen LogP contribution in [0.2, 0.25) is 0 Å². The van der Waals surface area contributed by atoms with Crippen molar-refractivity contribution in [2.24, 2.45) is 11.8 Å². The van der Waals surface area contributed by atoms with Crippen LogP contribution < -0.4 is 0 Å². The topological polar surface area (TPSA) is 105 Å². The molecule has 0 saturated heterocycles. The zero-order valence-corrected chi connectivity index (χ0v) is 20.2. The Morgan fingerprint density at radius 3 is 2.33 bits per heavy atom. The largest absolute Gasteiger partial charge is 0.460 e. The molecule has 2 aliphatic rings. The van der Waals surface area contributed by atoms with Gasteiger partial charge in [0.15, 0.2) is 0 Å². The van der Waals surface area contributed by atoms with E-state index in [1.54, 1.807) is 42.7 Å². The van der Waals surface area contributed by atoms with Crippen molar-refractivity contribution in [3.8, 4) is 0 Å². The van der Waals surface area contributed by atoms with Crippen molar-refractivity contribution in [2.45, 2.75) is 57.3 Å². The summed E-state index contributed by atoms with van der Waals surface area (Å²) in [6, 6.07) is 6.62. The van der Waals surface area contributed by atoms with E-state index in [1.807, 2.05) is 6.92 Å². The lowest BCUT2D eigenvalue weighted by molar-refractivity contribution is -0.142. The number of cyclic esters (lactones) is 1. The molecule has 3 heterocycles. The maximum atomic E-state index is 12.9. The highest BCUT2D eigenvalue weighted by Gasteiger charge is 2.40. The van der Waals surface area contributed by atoms with Gasteiger partial charge < -0.3 is 14.2 Å². The fourth-order valence-electron chi connectivity index (χ4n) is 4.66. The lowest BCUT2D eigenvalue weighted by atomic mass is 9.89. The first kappa shape index (κ1) is 25.3. The van der Waals surface area contributed by atoms with E-state index < -0.39 is 24.0 Å². The smallest absolute Gasteiger partial charge is 0.340 e. The molecule has 0 bridgehead atoms. The number of esters is 3. The number of carbonyl (C=O) groups is 3. The van der Waals surface area contributed by atoms with Gasteiger partial charge >= 0.3 is 17.9 Å². The molecule has 5 atom stereocenters. The zero-order chi connectivity index (χ0) is 25.3. The second-order valence-electron chi connectivity index (χ2n) is 9.15. The standard InChI is InChI=1S/C28H30N2O6/c1-19-7-3-2-4-8-20-15-23(35-27(32)21-9-5-13-29-17-21)16-24(20)25(11-12-26(31)34-19)36-28(33)22-10-6-14-30-18-22/h4-6,8-14,17-20,23-25H,2-3,7,15-16H2,1H3/b8-4+,12-11+/t19-,20+,23-,24+,25+/m0/s1. The van der Waals surface area contributed by atoms with Crippen molar-refractivity contribution in [2.75, 3.05) is 0 Å². The zero-order valence-electron chi connectivity index (χ0n) is 20.2. The maximum Gasteiger partial charge on any atom is 0.340 e. The van der Waals surface area contributed by atoms with Gasteiger partial charge in [0.1, 0.15) is 12.2 Å². The number of nitrogens with zero attached hydrogens (tertiary/aromatic N) is 2. The molecular formula is C28H30N2O6. The van der Waals surface area contributed by atoms with E-state index in [9.17, 15) is 14.4 Å². The summed E-state index contributed by atoms with van der Waals surface area (Å²) in [4.78, 5) is 45.9. The molecule has 2 aromatic rings. The lowest BCUT2D eigenvalue weighted by Gasteiger charge is -2.24. The fraction of sp³-hybridized carbons (Fsp3) is 0.393. The first-order valence-electron chi connectivity index (χ1n) is 12.3. The predicted octanol–water partition coefficient (Wildman–Crippen LogP) is 4.48. The van der Waals surface area contributed by atoms with Crippen molar-refractivity contribution in [3.05, 3.63) is 84.5 Å². The summed E-state index contributed by atoms with van der Waals surface area (Å²) < 4.78 is 17.1. The van der Waals surface area contributed by atoms with Crippen LogP contribution in [0.5, 0.6) is 0 Å². The highest BCUT2D eigenvalue weighted by molar-refractivity contribution is 5.89. The van der Waals surface area contributed by atoms with Crippen LogP contribution in [0.25, 0.3) is 0 Å². The Hall–Kier alpha value is -3.81. The van der Waals surface area contributed by atoms with Gasteiger partial charge in [0, 0.05) is 36.8 Å². The molecule has 0 unspecified atom stereocenters. The number of carbonyl (C=O) groups excluding carboxylic acids is 3. The van der Waals surface area contributed by atoms with E-state index in [-0.39, 0.29) is 24.0 Å². The Bertz CT molecular complexity index is 1100. The molecule has 1 aliphatic heterocycles. The third kappa shape index (κ3) is 6.87. The van der Waals surface area contributed by atoms with Gasteiger partial charge in [0.25, 0.3) is 0 Å². The second kappa shape index (κ2) is 12.2. The number of hydrogen-bond donors (Lipinski definition) is 0. The molecular weight excluding hydrogens is 460 g/mol. The van der Waals surface area contributed by atoms with Gasteiger partial charge in [-0.25, -0.2) is 14.4 Å². The average Bonchev–Trinajstić information content (AvgIpc) is 3.29. The van der Waals surface area contributed by atoms with Crippen LogP contribution in [0.4, 0.5) is 0 Å². The van der Waals surface area contributed by atoms with Crippen molar-refractivity contribution in [3.63, 3.8) is 0 Å². The van der Waals surface area contributed by atoms with Crippen LogP contribution in [0.15, 0.2) is 73.4 Å². The Morgan fingerprint density at radius 1 is 0.972 bits per heavy atom. The molecule has 0 N–H and O–H groups in total. The molecule has 8 heteroatoms. The first-order chi connectivity index (χ1) is 17.5. The molecule has 0 amide bonds. The highest BCUT2D eigenvalue weighted by atomic mass is 16.6. The van der Waals surface area contributed by atoms with E-state index in [0.717, 1.165) is 19.3 Å². The molecule has 1 fully saturated rings. The SMILES string of the molecule is C[C@H]1CCC/C=C/[C@@H]2C[C@H](OC(=O)c3cccnc3)C[C@H]2[C@H](OC(=O)c2cccnc2)/C=C/C(=O)O1. The summed E-state index contributed by atoms with van der Waals surface area (Å²) in [6.45, 7) is 1.87. The molecule has 0 aromatic carbocycles. The third-order valence-electron chi connectivity index (χ3n) is 6.46. The number of fused-ring (bicyclic) bond motifs is 1. The maximum absolute atomic E-state index is 12.9. The molecule has 2 aromatic heterocycles. The Balaban J connectivity index is 1.57. The summed E-state index contributed by atoms with van der Waals surface area (Å²) in [5.74, 6) is -1.67. The minimum Gasteiger partial charge on any atom is -0.460 e. The summed E-state index contributed by atoms with van der Waals surface area (Å²) in [7, 11) is 0. The van der Waals surface area contributed by atoms with Crippen LogP contribution in [-0.2, 0) is 19.0 Å². The monoisotopic (exact) mass is 490 g/mol. The van der Waals surface area contributed by atoms with E-state index >= 15 is 0 Å². The van der Waals surface area contributed by atoms with Crippen LogP contribution in [0, 0.1) is 11.8 Å². The lowest BCUT2D eigenvalue weighted by Crippen LogP contribution is -2.28. The first-order valence-corrected chi connectivity index (χ1v) is 12.3. The number of pyridine rings is 2. The number of aromatic nitrogens is 2. The second-order valence-corrected chi connectivity index (χ2v) is 9.15. The Kier molecular flexibility index (Phi) is 8.60. The van der Waals surface area contributed by atoms with E-state index in [1.165, 1.54) is 18.5 Å². The van der Waals surface area contributed by atoms with Gasteiger partial charge in [-0.05, 0) is 75.3 Å². The number of allylic oxidation sites excluding steroid dienone is 2. The van der Waals surface area contributed by atoms with Crippen molar-refractivity contribution in [1.29, 1.82) is 0 Å². The molecule has 4 rings (SSSR count). The van der Waals surface area contributed by atoms with Gasteiger partial charge in [0.05, 0.1) is 17.2 Å². The Morgan fingerprint density at radius 2 is 1.67 bits per heavy atom. The summed E-state index contributed by atoms with van der Waals surface area (Å²) in [5.41, 5.74) is 0.696. The molecule has 0 spiro atoms. The fourth-order valence-corrected chi connectivity index (χ4v) is 4.66. The van der Waals surface area contributed by atoms with E-state index in [0.29, 0.717) is 24.0 Å². The van der Waals surface area contributed by atoms with Crippen LogP contribution in [0.1, 0.15) is 59.7 Å². The quantitative estimate of drug-likeness (QED) is 0.351. The number of rotatable bonds is 4. The van der Waals surface area contributed by atoms with Gasteiger partial charge in [-0.2, -0.15) is 0 Å². The molecule has 0 radical (unpaired) electrons.